The number of aromatic nitrogens is 5. The molecule has 0 radical (unpaired) electrons. The molecule has 5 nitrogen and oxygen atoms in total. The van der Waals surface area contributed by atoms with Crippen LogP contribution in [0.3, 0.4) is 0 Å². The van der Waals surface area contributed by atoms with Crippen molar-refractivity contribution < 1.29 is 0 Å². The quantitative estimate of drug-likeness (QED) is 0.172. The second-order valence-corrected chi connectivity index (χ2v) is 14.1. The summed E-state index contributed by atoms with van der Waals surface area (Å²) < 4.78 is 4.52. The molecule has 0 fully saturated rings. The Hall–Kier alpha value is -7.63. The van der Waals surface area contributed by atoms with Crippen LogP contribution in [-0.4, -0.2) is 24.1 Å². The maximum Gasteiger partial charge on any atom is 0.238 e. The van der Waals surface area contributed by atoms with Gasteiger partial charge in [0, 0.05) is 38.4 Å². The lowest BCUT2D eigenvalue weighted by molar-refractivity contribution is 0.954. The van der Waals surface area contributed by atoms with E-state index in [1.54, 1.807) is 0 Å². The van der Waals surface area contributed by atoms with Gasteiger partial charge in [-0.15, -0.1) is 0 Å². The third-order valence-electron chi connectivity index (χ3n) is 10.8. The van der Waals surface area contributed by atoms with Crippen LogP contribution in [0.1, 0.15) is 0 Å². The van der Waals surface area contributed by atoms with E-state index in [2.05, 4.69) is 203 Å². The minimum Gasteiger partial charge on any atom is -0.309 e. The minimum atomic E-state index is 0.570. The van der Waals surface area contributed by atoms with Crippen LogP contribution in [0.15, 0.2) is 200 Å². The van der Waals surface area contributed by atoms with Gasteiger partial charge in [0.25, 0.3) is 0 Å². The predicted molar refractivity (Wildman–Crippen MR) is 230 cm³/mol. The smallest absolute Gasteiger partial charge is 0.238 e. The van der Waals surface area contributed by atoms with Gasteiger partial charge in [-0.05, 0) is 82.9 Å². The lowest BCUT2D eigenvalue weighted by Gasteiger charge is -2.12. The summed E-state index contributed by atoms with van der Waals surface area (Å²) >= 11 is 0. The molecule has 0 aliphatic rings. The van der Waals surface area contributed by atoms with E-state index in [4.69, 9.17) is 15.0 Å². The van der Waals surface area contributed by atoms with Crippen molar-refractivity contribution in [3.05, 3.63) is 200 Å². The summed E-state index contributed by atoms with van der Waals surface area (Å²) in [5, 5.41) is 4.61. The molecule has 3 aromatic heterocycles. The fraction of sp³-hybridized carbons (Fsp3) is 0. The number of hydrogen-bond acceptors (Lipinski definition) is 3. The van der Waals surface area contributed by atoms with Gasteiger partial charge >= 0.3 is 0 Å². The van der Waals surface area contributed by atoms with Crippen LogP contribution in [0.2, 0.25) is 0 Å². The van der Waals surface area contributed by atoms with Gasteiger partial charge in [-0.3, -0.25) is 4.57 Å². The fourth-order valence-electron chi connectivity index (χ4n) is 8.16. The molecule has 262 valence electrons. The van der Waals surface area contributed by atoms with E-state index in [0.29, 0.717) is 17.6 Å². The average Bonchev–Trinajstić information content (AvgIpc) is 3.79. The highest BCUT2D eigenvalue weighted by Gasteiger charge is 2.20. The highest BCUT2D eigenvalue weighted by atomic mass is 15.2. The van der Waals surface area contributed by atoms with Crippen molar-refractivity contribution in [3.8, 4) is 56.7 Å². The number of nitrogens with zero attached hydrogens (tertiary/aromatic N) is 5. The Morgan fingerprint density at radius 1 is 0.268 bits per heavy atom. The Morgan fingerprint density at radius 2 is 0.696 bits per heavy atom. The maximum atomic E-state index is 5.32. The normalized spacial score (nSPS) is 11.6. The van der Waals surface area contributed by atoms with Gasteiger partial charge in [-0.2, -0.15) is 9.97 Å². The number of benzene rings is 8. The zero-order valence-electron chi connectivity index (χ0n) is 30.3. The van der Waals surface area contributed by atoms with Crippen LogP contribution >= 0.6 is 0 Å². The molecule has 0 saturated heterocycles. The third-order valence-corrected chi connectivity index (χ3v) is 10.8. The van der Waals surface area contributed by atoms with Gasteiger partial charge in [-0.1, -0.05) is 140 Å². The molecule has 3 heterocycles. The number of para-hydroxylation sites is 3. The molecule has 8 aromatic carbocycles. The van der Waals surface area contributed by atoms with Crippen LogP contribution in [0.5, 0.6) is 0 Å². The summed E-state index contributed by atoms with van der Waals surface area (Å²) in [4.78, 5) is 15.8. The summed E-state index contributed by atoms with van der Waals surface area (Å²) in [6.45, 7) is 0. The molecule has 11 aromatic rings. The van der Waals surface area contributed by atoms with Crippen LogP contribution in [0, 0.1) is 0 Å². The summed E-state index contributed by atoms with van der Waals surface area (Å²) in [5.41, 5.74) is 11.9. The second-order valence-electron chi connectivity index (χ2n) is 14.1. The number of hydrogen-bond donors (Lipinski definition) is 0. The molecule has 0 N–H and O–H groups in total. The fourth-order valence-corrected chi connectivity index (χ4v) is 8.16. The summed E-state index contributed by atoms with van der Waals surface area (Å²) in [5.74, 6) is 1.79. The van der Waals surface area contributed by atoms with Gasteiger partial charge in [0.15, 0.2) is 11.6 Å². The van der Waals surface area contributed by atoms with Crippen molar-refractivity contribution in [2.45, 2.75) is 0 Å². The molecule has 0 atom stereocenters. The van der Waals surface area contributed by atoms with Gasteiger partial charge in [-0.25, -0.2) is 4.98 Å². The van der Waals surface area contributed by atoms with Crippen molar-refractivity contribution in [2.75, 3.05) is 0 Å². The monoisotopic (exact) mass is 715 g/mol. The molecule has 5 heteroatoms. The van der Waals surface area contributed by atoms with E-state index in [-0.39, 0.29) is 0 Å². The second kappa shape index (κ2) is 13.0. The molecule has 0 aliphatic heterocycles. The maximum absolute atomic E-state index is 5.32. The first-order valence-corrected chi connectivity index (χ1v) is 18.9. The molecular formula is C51H33N5. The van der Waals surface area contributed by atoms with E-state index in [0.717, 1.165) is 66.2 Å². The highest BCUT2D eigenvalue weighted by molar-refractivity contribution is 6.11. The first-order chi connectivity index (χ1) is 27.8. The van der Waals surface area contributed by atoms with E-state index in [9.17, 15) is 0 Å². The topological polar surface area (TPSA) is 48.5 Å². The average molecular weight is 716 g/mol. The Labute approximate surface area is 323 Å². The summed E-state index contributed by atoms with van der Waals surface area (Å²) in [6.07, 6.45) is 0. The van der Waals surface area contributed by atoms with Crippen LogP contribution < -0.4 is 0 Å². The third kappa shape index (κ3) is 5.29. The standard InChI is InChI=1S/C51H33N5/c1-4-15-34(16-5-1)36-19-14-20-38(31-36)49-52-50(39-28-30-47-44(33-39)41-23-10-12-25-45(41)55(47)40-21-8-3-9-22-40)54-51(53-49)56-46-26-13-11-24-42(46)43-32-37(27-29-48(43)56)35-17-6-2-7-18-35/h1-33H. The SMILES string of the molecule is c1ccc(-c2cccc(-c3nc(-c4ccc5c(c4)c4ccccc4n5-c4ccccc4)nc(-n4c5ccccc5c5cc(-c6ccccc6)ccc54)n3)c2)cc1. The molecule has 0 amide bonds. The van der Waals surface area contributed by atoms with E-state index >= 15 is 0 Å². The van der Waals surface area contributed by atoms with Gasteiger partial charge < -0.3 is 4.57 Å². The molecule has 0 spiro atoms. The van der Waals surface area contributed by atoms with Crippen molar-refractivity contribution >= 4 is 43.6 Å². The van der Waals surface area contributed by atoms with Gasteiger partial charge in [0.05, 0.1) is 22.1 Å². The Morgan fingerprint density at radius 3 is 1.34 bits per heavy atom. The highest BCUT2D eigenvalue weighted by Crippen LogP contribution is 2.37. The molecule has 56 heavy (non-hydrogen) atoms. The lowest BCUT2D eigenvalue weighted by Crippen LogP contribution is -2.06. The predicted octanol–water partition coefficient (Wildman–Crippen LogP) is 12.7. The molecular weight excluding hydrogens is 683 g/mol. The minimum absolute atomic E-state index is 0.570. The van der Waals surface area contributed by atoms with Crippen molar-refractivity contribution in [1.82, 2.24) is 24.1 Å². The van der Waals surface area contributed by atoms with E-state index in [1.165, 1.54) is 16.5 Å². The first kappa shape index (κ1) is 31.9. The molecule has 0 aliphatic carbocycles. The molecule has 11 rings (SSSR count). The van der Waals surface area contributed by atoms with Gasteiger partial charge in [0.1, 0.15) is 0 Å². The van der Waals surface area contributed by atoms with Crippen molar-refractivity contribution in [1.29, 1.82) is 0 Å². The Kier molecular flexibility index (Phi) is 7.42. The van der Waals surface area contributed by atoms with Crippen molar-refractivity contribution in [2.24, 2.45) is 0 Å². The Balaban J connectivity index is 1.16. The number of fused-ring (bicyclic) bond motifs is 6. The molecule has 0 bridgehead atoms. The zero-order valence-corrected chi connectivity index (χ0v) is 30.3. The van der Waals surface area contributed by atoms with Crippen LogP contribution in [0.4, 0.5) is 0 Å². The van der Waals surface area contributed by atoms with E-state index < -0.39 is 0 Å². The lowest BCUT2D eigenvalue weighted by atomic mass is 10.0. The largest absolute Gasteiger partial charge is 0.309 e. The summed E-state index contributed by atoms with van der Waals surface area (Å²) in [7, 11) is 0. The molecule has 0 saturated carbocycles. The van der Waals surface area contributed by atoms with E-state index in [1.807, 2.05) is 6.07 Å². The van der Waals surface area contributed by atoms with Crippen LogP contribution in [0.25, 0.3) is 100 Å². The summed E-state index contributed by atoms with van der Waals surface area (Å²) in [6, 6.07) is 70.3. The first-order valence-electron chi connectivity index (χ1n) is 18.9. The Bertz CT molecular complexity index is 3240. The van der Waals surface area contributed by atoms with Crippen molar-refractivity contribution in [3.63, 3.8) is 0 Å². The zero-order chi connectivity index (χ0) is 37.0. The number of rotatable bonds is 6. The van der Waals surface area contributed by atoms with Gasteiger partial charge in [0.2, 0.25) is 5.95 Å². The molecule has 0 unspecified atom stereocenters. The van der Waals surface area contributed by atoms with Crippen LogP contribution in [-0.2, 0) is 0 Å².